The van der Waals surface area contributed by atoms with Crippen molar-refractivity contribution in [3.63, 3.8) is 0 Å². The fraction of sp³-hybridized carbons (Fsp3) is 0.583. The van der Waals surface area contributed by atoms with E-state index in [2.05, 4.69) is 5.32 Å². The van der Waals surface area contributed by atoms with E-state index >= 15 is 0 Å². The van der Waals surface area contributed by atoms with Crippen molar-refractivity contribution in [2.45, 2.75) is 32.1 Å². The molecule has 2 N–H and O–H groups in total. The van der Waals surface area contributed by atoms with E-state index in [0.717, 1.165) is 37.8 Å². The first-order valence-electron chi connectivity index (χ1n) is 5.71. The first-order chi connectivity index (χ1) is 7.83. The lowest BCUT2D eigenvalue weighted by Gasteiger charge is -2.03. The van der Waals surface area contributed by atoms with Crippen LogP contribution >= 0.6 is 11.3 Å². The van der Waals surface area contributed by atoms with Gasteiger partial charge in [0.05, 0.1) is 6.42 Å². The highest BCUT2D eigenvalue weighted by Crippen LogP contribution is 2.06. The van der Waals surface area contributed by atoms with E-state index in [4.69, 9.17) is 5.11 Å². The predicted molar refractivity (Wildman–Crippen MR) is 66.6 cm³/mol. The number of rotatable bonds is 8. The molecule has 1 amide bonds. The molecule has 0 aliphatic carbocycles. The van der Waals surface area contributed by atoms with Crippen LogP contribution in [0.5, 0.6) is 0 Å². The van der Waals surface area contributed by atoms with Gasteiger partial charge in [0.25, 0.3) is 0 Å². The van der Waals surface area contributed by atoms with Gasteiger partial charge in [-0.2, -0.15) is 11.3 Å². The van der Waals surface area contributed by atoms with Crippen LogP contribution < -0.4 is 5.32 Å². The van der Waals surface area contributed by atoms with Crippen molar-refractivity contribution in [3.05, 3.63) is 22.4 Å². The summed E-state index contributed by atoms with van der Waals surface area (Å²) in [7, 11) is 0. The molecule has 0 fully saturated rings. The summed E-state index contributed by atoms with van der Waals surface area (Å²) in [6.45, 7) is 1.01. The zero-order valence-corrected chi connectivity index (χ0v) is 10.3. The van der Waals surface area contributed by atoms with Crippen LogP contribution in [0, 0.1) is 0 Å². The van der Waals surface area contributed by atoms with Crippen LogP contribution in [0.15, 0.2) is 16.8 Å². The highest BCUT2D eigenvalue weighted by atomic mass is 32.1. The lowest BCUT2D eigenvalue weighted by atomic mass is 10.2. The second-order valence-corrected chi connectivity index (χ2v) is 4.58. The fourth-order valence-electron chi connectivity index (χ4n) is 1.46. The summed E-state index contributed by atoms with van der Waals surface area (Å²) >= 11 is 1.62. The van der Waals surface area contributed by atoms with Crippen LogP contribution in [0.3, 0.4) is 0 Å². The topological polar surface area (TPSA) is 49.3 Å². The van der Waals surface area contributed by atoms with Crippen LogP contribution in [0.1, 0.15) is 31.2 Å². The first-order valence-corrected chi connectivity index (χ1v) is 6.66. The molecule has 0 radical (unpaired) electrons. The molecule has 4 heteroatoms. The minimum Gasteiger partial charge on any atom is -0.396 e. The molecule has 0 unspecified atom stereocenters. The van der Waals surface area contributed by atoms with Gasteiger partial charge in [0.2, 0.25) is 5.91 Å². The smallest absolute Gasteiger partial charge is 0.224 e. The highest BCUT2D eigenvalue weighted by Gasteiger charge is 2.02. The number of carbonyl (C=O) groups excluding carboxylic acids is 1. The summed E-state index contributed by atoms with van der Waals surface area (Å²) in [5.41, 5.74) is 1.09. The number of thiophene rings is 1. The molecule has 0 aromatic carbocycles. The van der Waals surface area contributed by atoms with Crippen LogP contribution in [0.2, 0.25) is 0 Å². The normalized spacial score (nSPS) is 10.3. The molecule has 1 aromatic heterocycles. The van der Waals surface area contributed by atoms with Gasteiger partial charge in [0.15, 0.2) is 0 Å². The van der Waals surface area contributed by atoms with E-state index in [1.54, 1.807) is 11.3 Å². The number of aliphatic hydroxyl groups excluding tert-OH is 1. The van der Waals surface area contributed by atoms with Gasteiger partial charge in [0, 0.05) is 13.2 Å². The van der Waals surface area contributed by atoms with Gasteiger partial charge in [-0.3, -0.25) is 4.79 Å². The molecule has 0 saturated carbocycles. The van der Waals surface area contributed by atoms with E-state index < -0.39 is 0 Å². The number of carbonyl (C=O) groups is 1. The molecule has 1 rings (SSSR count). The Hall–Kier alpha value is -0.870. The Morgan fingerprint density at radius 3 is 2.81 bits per heavy atom. The van der Waals surface area contributed by atoms with Gasteiger partial charge in [-0.05, 0) is 35.2 Å². The molecule has 0 aliphatic rings. The second-order valence-electron chi connectivity index (χ2n) is 3.80. The quantitative estimate of drug-likeness (QED) is 0.684. The highest BCUT2D eigenvalue weighted by molar-refractivity contribution is 7.07. The van der Waals surface area contributed by atoms with Crippen LogP contribution in [0.25, 0.3) is 0 Å². The average molecular weight is 241 g/mol. The Morgan fingerprint density at radius 1 is 1.31 bits per heavy atom. The summed E-state index contributed by atoms with van der Waals surface area (Å²) in [6, 6.07) is 1.98. The van der Waals surface area contributed by atoms with Gasteiger partial charge >= 0.3 is 0 Å². The minimum atomic E-state index is 0.0977. The van der Waals surface area contributed by atoms with Gasteiger partial charge in [0.1, 0.15) is 0 Å². The zero-order chi connectivity index (χ0) is 11.6. The maximum absolute atomic E-state index is 11.5. The van der Waals surface area contributed by atoms with Crippen molar-refractivity contribution in [1.29, 1.82) is 0 Å². The minimum absolute atomic E-state index is 0.0977. The van der Waals surface area contributed by atoms with E-state index in [0.29, 0.717) is 6.42 Å². The van der Waals surface area contributed by atoms with Gasteiger partial charge in [-0.25, -0.2) is 0 Å². The van der Waals surface area contributed by atoms with E-state index in [1.165, 1.54) is 0 Å². The molecule has 16 heavy (non-hydrogen) atoms. The molecule has 1 aromatic rings. The molecule has 1 heterocycles. The van der Waals surface area contributed by atoms with E-state index in [9.17, 15) is 4.79 Å². The molecule has 0 saturated heterocycles. The van der Waals surface area contributed by atoms with Gasteiger partial charge < -0.3 is 10.4 Å². The monoisotopic (exact) mass is 241 g/mol. The summed E-state index contributed by atoms with van der Waals surface area (Å²) in [6.07, 6.45) is 4.45. The third-order valence-electron chi connectivity index (χ3n) is 2.35. The third kappa shape index (κ3) is 5.88. The maximum Gasteiger partial charge on any atom is 0.224 e. The maximum atomic E-state index is 11.5. The SMILES string of the molecule is O=C(Cc1ccsc1)NCCCCCCO. The lowest BCUT2D eigenvalue weighted by Crippen LogP contribution is -2.25. The molecule has 0 aliphatic heterocycles. The molecular weight excluding hydrogens is 222 g/mol. The Morgan fingerprint density at radius 2 is 2.12 bits per heavy atom. The molecule has 0 atom stereocenters. The Balaban J connectivity index is 1.98. The fourth-order valence-corrected chi connectivity index (χ4v) is 2.13. The Labute approximate surface area is 100 Å². The van der Waals surface area contributed by atoms with Crippen molar-refractivity contribution < 1.29 is 9.90 Å². The van der Waals surface area contributed by atoms with Crippen LogP contribution in [-0.4, -0.2) is 24.2 Å². The van der Waals surface area contributed by atoms with Crippen molar-refractivity contribution in [2.24, 2.45) is 0 Å². The van der Waals surface area contributed by atoms with Gasteiger partial charge in [-0.1, -0.05) is 12.8 Å². The molecule has 3 nitrogen and oxygen atoms in total. The number of amides is 1. The third-order valence-corrected chi connectivity index (χ3v) is 3.08. The number of aliphatic hydroxyl groups is 1. The molecule has 0 spiro atoms. The van der Waals surface area contributed by atoms with Crippen molar-refractivity contribution >= 4 is 17.2 Å². The van der Waals surface area contributed by atoms with Crippen LogP contribution in [-0.2, 0) is 11.2 Å². The van der Waals surface area contributed by atoms with Crippen molar-refractivity contribution in [1.82, 2.24) is 5.32 Å². The number of unbranched alkanes of at least 4 members (excludes halogenated alkanes) is 3. The molecular formula is C12H19NO2S. The average Bonchev–Trinajstić information content (AvgIpc) is 2.76. The summed E-state index contributed by atoms with van der Waals surface area (Å²) in [5, 5.41) is 15.5. The molecule has 0 bridgehead atoms. The second kappa shape index (κ2) is 8.30. The Kier molecular flexibility index (Phi) is 6.85. The lowest BCUT2D eigenvalue weighted by molar-refractivity contribution is -0.120. The summed E-state index contributed by atoms with van der Waals surface area (Å²) < 4.78 is 0. The Bertz CT molecular complexity index is 285. The number of hydrogen-bond acceptors (Lipinski definition) is 3. The predicted octanol–water partition coefficient (Wildman–Crippen LogP) is 1.96. The zero-order valence-electron chi connectivity index (χ0n) is 9.45. The number of hydrogen-bond donors (Lipinski definition) is 2. The van der Waals surface area contributed by atoms with Gasteiger partial charge in [-0.15, -0.1) is 0 Å². The largest absolute Gasteiger partial charge is 0.396 e. The van der Waals surface area contributed by atoms with E-state index in [1.807, 2.05) is 16.8 Å². The summed E-state index contributed by atoms with van der Waals surface area (Å²) in [5.74, 6) is 0.0977. The van der Waals surface area contributed by atoms with E-state index in [-0.39, 0.29) is 12.5 Å². The standard InChI is InChI=1S/C12H19NO2S/c14-7-4-2-1-3-6-13-12(15)9-11-5-8-16-10-11/h5,8,10,14H,1-4,6-7,9H2,(H,13,15). The van der Waals surface area contributed by atoms with Crippen molar-refractivity contribution in [3.8, 4) is 0 Å². The summed E-state index contributed by atoms with van der Waals surface area (Å²) in [4.78, 5) is 11.5. The number of nitrogens with one attached hydrogen (secondary N) is 1. The first kappa shape index (κ1) is 13.2. The van der Waals surface area contributed by atoms with Crippen LogP contribution in [0.4, 0.5) is 0 Å². The molecule has 90 valence electrons. The van der Waals surface area contributed by atoms with Crippen molar-refractivity contribution in [2.75, 3.05) is 13.2 Å².